The molecule has 0 saturated heterocycles. The first kappa shape index (κ1) is 21.2. The molecule has 0 amide bonds. The minimum atomic E-state index is -3.99. The number of aryl methyl sites for hydroxylation is 3. The van der Waals surface area contributed by atoms with Crippen LogP contribution in [0.5, 0.6) is 0 Å². The highest BCUT2D eigenvalue weighted by Crippen LogP contribution is 2.33. The molecule has 0 saturated carbocycles. The van der Waals surface area contributed by atoms with Crippen molar-refractivity contribution in [3.05, 3.63) is 64.7 Å². The van der Waals surface area contributed by atoms with Gasteiger partial charge in [-0.25, -0.2) is 23.5 Å². The summed E-state index contributed by atoms with van der Waals surface area (Å²) in [5.41, 5.74) is 9.46. The molecule has 1 aromatic carbocycles. The van der Waals surface area contributed by atoms with Crippen molar-refractivity contribution in [3.8, 4) is 11.1 Å². The van der Waals surface area contributed by atoms with E-state index in [4.69, 9.17) is 22.5 Å². The standard InChI is InChI=1S/C20H22ClN5O2S/c1-13-17(12-25-20(22)26-13)16-9-15(19(21)18(10-16)29(23,27)28)7-3-2-5-14-6-4-8-24-11-14/h4,6,8-12H,2-3,5,7H2,1H3,(H2,22,25,26)(H2,23,27,28). The Morgan fingerprint density at radius 3 is 2.55 bits per heavy atom. The maximum absolute atomic E-state index is 12.1. The van der Waals surface area contributed by atoms with Crippen LogP contribution in [0.15, 0.2) is 47.8 Å². The Hall–Kier alpha value is -2.55. The predicted molar refractivity (Wildman–Crippen MR) is 114 cm³/mol. The van der Waals surface area contributed by atoms with Gasteiger partial charge >= 0.3 is 0 Å². The second-order valence-corrected chi connectivity index (χ2v) is 8.70. The second kappa shape index (κ2) is 8.86. The van der Waals surface area contributed by atoms with E-state index in [0.29, 0.717) is 23.2 Å². The molecule has 0 radical (unpaired) electrons. The summed E-state index contributed by atoms with van der Waals surface area (Å²) in [7, 11) is -3.99. The van der Waals surface area contributed by atoms with E-state index in [2.05, 4.69) is 15.0 Å². The third-order valence-electron chi connectivity index (χ3n) is 4.61. The molecule has 4 N–H and O–H groups in total. The highest BCUT2D eigenvalue weighted by molar-refractivity contribution is 7.89. The molecule has 0 aliphatic rings. The fourth-order valence-corrected chi connectivity index (χ4v) is 4.36. The van der Waals surface area contributed by atoms with Crippen molar-refractivity contribution >= 4 is 27.6 Å². The molecular formula is C20H22ClN5O2S. The van der Waals surface area contributed by atoms with Crippen LogP contribution in [0.4, 0.5) is 5.95 Å². The number of sulfonamides is 1. The van der Waals surface area contributed by atoms with E-state index in [1.807, 2.05) is 24.4 Å². The number of aromatic nitrogens is 3. The first-order chi connectivity index (χ1) is 13.8. The zero-order chi connectivity index (χ0) is 21.0. The lowest BCUT2D eigenvalue weighted by atomic mass is 9.99. The number of anilines is 1. The molecule has 0 unspecified atom stereocenters. The van der Waals surface area contributed by atoms with E-state index >= 15 is 0 Å². The predicted octanol–water partition coefficient (Wildman–Crippen LogP) is 3.30. The maximum atomic E-state index is 12.1. The van der Waals surface area contributed by atoms with E-state index in [1.165, 1.54) is 6.07 Å². The summed E-state index contributed by atoms with van der Waals surface area (Å²) >= 11 is 6.39. The average molecular weight is 432 g/mol. The van der Waals surface area contributed by atoms with Gasteiger partial charge in [0, 0.05) is 24.2 Å². The van der Waals surface area contributed by atoms with Crippen LogP contribution in [0.25, 0.3) is 11.1 Å². The number of nitrogens with zero attached hydrogens (tertiary/aromatic N) is 3. The quantitative estimate of drug-likeness (QED) is 0.553. The van der Waals surface area contributed by atoms with Gasteiger partial charge in [-0.2, -0.15) is 0 Å². The number of nitrogens with two attached hydrogens (primary N) is 2. The lowest BCUT2D eigenvalue weighted by molar-refractivity contribution is 0.597. The van der Waals surface area contributed by atoms with Gasteiger partial charge in [-0.1, -0.05) is 17.7 Å². The normalized spacial score (nSPS) is 11.6. The highest BCUT2D eigenvalue weighted by atomic mass is 35.5. The Bertz CT molecular complexity index is 1120. The lowest BCUT2D eigenvalue weighted by Crippen LogP contribution is -2.14. The van der Waals surface area contributed by atoms with Crippen LogP contribution in [0.3, 0.4) is 0 Å². The summed E-state index contributed by atoms with van der Waals surface area (Å²) in [6.45, 7) is 1.78. The number of halogens is 1. The van der Waals surface area contributed by atoms with Gasteiger partial charge in [0.05, 0.1) is 10.7 Å². The molecule has 0 atom stereocenters. The molecule has 0 aliphatic heterocycles. The molecule has 0 spiro atoms. The largest absolute Gasteiger partial charge is 0.368 e. The van der Waals surface area contributed by atoms with Gasteiger partial charge in [-0.15, -0.1) is 0 Å². The fraction of sp³-hybridized carbons (Fsp3) is 0.250. The summed E-state index contributed by atoms with van der Waals surface area (Å²) in [5.74, 6) is 0.155. The Kier molecular flexibility index (Phi) is 6.46. The summed E-state index contributed by atoms with van der Waals surface area (Å²) in [6.07, 6.45) is 8.41. The SMILES string of the molecule is Cc1nc(N)ncc1-c1cc(CCCCc2cccnc2)c(Cl)c(S(N)(=O)=O)c1. The van der Waals surface area contributed by atoms with Crippen LogP contribution in [0.2, 0.25) is 5.02 Å². The van der Waals surface area contributed by atoms with Crippen LogP contribution >= 0.6 is 11.6 Å². The first-order valence-corrected chi connectivity index (χ1v) is 11.0. The summed E-state index contributed by atoms with van der Waals surface area (Å²) in [5, 5.41) is 5.55. The Morgan fingerprint density at radius 2 is 1.90 bits per heavy atom. The molecule has 3 rings (SSSR count). The zero-order valence-corrected chi connectivity index (χ0v) is 17.5. The first-order valence-electron chi connectivity index (χ1n) is 9.09. The molecule has 2 aromatic heterocycles. The van der Waals surface area contributed by atoms with E-state index in [-0.39, 0.29) is 15.9 Å². The molecular weight excluding hydrogens is 410 g/mol. The van der Waals surface area contributed by atoms with Gasteiger partial charge in [0.2, 0.25) is 16.0 Å². The Labute approximate surface area is 175 Å². The zero-order valence-electron chi connectivity index (χ0n) is 16.0. The van der Waals surface area contributed by atoms with Crippen LogP contribution in [-0.2, 0) is 22.9 Å². The number of primary sulfonamides is 1. The van der Waals surface area contributed by atoms with E-state index in [1.54, 1.807) is 19.3 Å². The van der Waals surface area contributed by atoms with Crippen molar-refractivity contribution in [3.63, 3.8) is 0 Å². The average Bonchev–Trinajstić information content (AvgIpc) is 2.66. The lowest BCUT2D eigenvalue weighted by Gasteiger charge is -2.13. The number of rotatable bonds is 7. The third-order valence-corrected chi connectivity index (χ3v) is 6.11. The van der Waals surface area contributed by atoms with Crippen molar-refractivity contribution in [1.82, 2.24) is 15.0 Å². The van der Waals surface area contributed by atoms with E-state index in [0.717, 1.165) is 30.4 Å². The van der Waals surface area contributed by atoms with Crippen molar-refractivity contribution in [2.45, 2.75) is 37.5 Å². The molecule has 29 heavy (non-hydrogen) atoms. The summed E-state index contributed by atoms with van der Waals surface area (Å²) in [4.78, 5) is 12.2. The number of unbranched alkanes of at least 4 members (excludes halogenated alkanes) is 1. The monoisotopic (exact) mass is 431 g/mol. The Balaban J connectivity index is 1.89. The number of nitrogen functional groups attached to an aromatic ring is 1. The molecule has 0 fully saturated rings. The fourth-order valence-electron chi connectivity index (χ4n) is 3.16. The number of hydrogen-bond donors (Lipinski definition) is 2. The van der Waals surface area contributed by atoms with Crippen LogP contribution in [0, 0.1) is 6.92 Å². The van der Waals surface area contributed by atoms with Crippen LogP contribution < -0.4 is 10.9 Å². The topological polar surface area (TPSA) is 125 Å². The molecule has 0 aliphatic carbocycles. The van der Waals surface area contributed by atoms with Gasteiger partial charge in [-0.05, 0) is 67.5 Å². The van der Waals surface area contributed by atoms with Crippen molar-refractivity contribution in [2.75, 3.05) is 5.73 Å². The minimum absolute atomic E-state index is 0.102. The summed E-state index contributed by atoms with van der Waals surface area (Å²) < 4.78 is 24.2. The van der Waals surface area contributed by atoms with Crippen molar-refractivity contribution in [2.24, 2.45) is 5.14 Å². The molecule has 2 heterocycles. The van der Waals surface area contributed by atoms with Gasteiger partial charge < -0.3 is 5.73 Å². The summed E-state index contributed by atoms with van der Waals surface area (Å²) in [6, 6.07) is 7.26. The molecule has 152 valence electrons. The second-order valence-electron chi connectivity index (χ2n) is 6.79. The van der Waals surface area contributed by atoms with Crippen LogP contribution in [0.1, 0.15) is 29.7 Å². The maximum Gasteiger partial charge on any atom is 0.239 e. The van der Waals surface area contributed by atoms with Gasteiger partial charge in [0.15, 0.2) is 0 Å². The van der Waals surface area contributed by atoms with Crippen molar-refractivity contribution in [1.29, 1.82) is 0 Å². The minimum Gasteiger partial charge on any atom is -0.368 e. The van der Waals surface area contributed by atoms with Gasteiger partial charge in [-0.3, -0.25) is 4.98 Å². The highest BCUT2D eigenvalue weighted by Gasteiger charge is 2.19. The number of benzene rings is 1. The molecule has 9 heteroatoms. The van der Waals surface area contributed by atoms with Gasteiger partial charge in [0.1, 0.15) is 4.90 Å². The van der Waals surface area contributed by atoms with E-state index < -0.39 is 10.0 Å². The van der Waals surface area contributed by atoms with Crippen LogP contribution in [-0.4, -0.2) is 23.4 Å². The van der Waals surface area contributed by atoms with Gasteiger partial charge in [0.25, 0.3) is 0 Å². The Morgan fingerprint density at radius 1 is 1.14 bits per heavy atom. The third kappa shape index (κ3) is 5.29. The molecule has 3 aromatic rings. The molecule has 0 bridgehead atoms. The van der Waals surface area contributed by atoms with E-state index in [9.17, 15) is 8.42 Å². The number of hydrogen-bond acceptors (Lipinski definition) is 6. The smallest absolute Gasteiger partial charge is 0.239 e. The van der Waals surface area contributed by atoms with Crippen molar-refractivity contribution < 1.29 is 8.42 Å². The molecule has 7 nitrogen and oxygen atoms in total. The number of pyridine rings is 1.